The van der Waals surface area contributed by atoms with Crippen molar-refractivity contribution in [1.29, 1.82) is 0 Å². The maximum atomic E-state index is 12.1. The van der Waals surface area contributed by atoms with Gasteiger partial charge in [-0.3, -0.25) is 4.79 Å². The number of hydrogen-bond donors (Lipinski definition) is 2. The summed E-state index contributed by atoms with van der Waals surface area (Å²) in [6.07, 6.45) is 2.40. The van der Waals surface area contributed by atoms with Crippen LogP contribution in [0.1, 0.15) is 22.3 Å². The molecule has 128 valence electrons. The van der Waals surface area contributed by atoms with Crippen molar-refractivity contribution in [2.45, 2.75) is 13.0 Å². The molecule has 0 radical (unpaired) electrons. The van der Waals surface area contributed by atoms with E-state index in [2.05, 4.69) is 15.6 Å². The highest BCUT2D eigenvalue weighted by atomic mass is 16.5. The highest BCUT2D eigenvalue weighted by Crippen LogP contribution is 2.18. The molecule has 2 aromatic rings. The molecule has 6 nitrogen and oxygen atoms in total. The number of nitrogens with one attached hydrogen (secondary N) is 2. The van der Waals surface area contributed by atoms with Crippen molar-refractivity contribution in [2.75, 3.05) is 32.7 Å². The summed E-state index contributed by atoms with van der Waals surface area (Å²) in [6.45, 7) is 1.78. The van der Waals surface area contributed by atoms with E-state index in [4.69, 9.17) is 9.47 Å². The molecule has 0 unspecified atom stereocenters. The number of carbonyl (C=O) groups excluding carboxylic acids is 1. The average molecular weight is 329 g/mol. The first-order valence-corrected chi connectivity index (χ1v) is 7.83. The maximum Gasteiger partial charge on any atom is 0.251 e. The largest absolute Gasteiger partial charge is 0.496 e. The number of amides is 1. The number of rotatable bonds is 9. The first-order valence-electron chi connectivity index (χ1n) is 7.83. The van der Waals surface area contributed by atoms with Crippen LogP contribution in [0.5, 0.6) is 5.75 Å². The summed E-state index contributed by atoms with van der Waals surface area (Å²) in [5, 5.41) is 6.07. The van der Waals surface area contributed by atoms with Crippen molar-refractivity contribution >= 4 is 11.7 Å². The SMILES string of the molecule is COCCCNC(=O)c1ccnc(NCc2ccccc2OC)c1. The molecule has 0 atom stereocenters. The Bertz CT molecular complexity index is 661. The van der Waals surface area contributed by atoms with Crippen molar-refractivity contribution < 1.29 is 14.3 Å². The van der Waals surface area contributed by atoms with Gasteiger partial charge >= 0.3 is 0 Å². The third-order valence-corrected chi connectivity index (χ3v) is 3.49. The number of ether oxygens (including phenoxy) is 2. The van der Waals surface area contributed by atoms with Crippen molar-refractivity contribution in [3.05, 3.63) is 53.7 Å². The molecular weight excluding hydrogens is 306 g/mol. The van der Waals surface area contributed by atoms with Crippen LogP contribution in [0.25, 0.3) is 0 Å². The molecule has 2 rings (SSSR count). The predicted molar refractivity (Wildman–Crippen MR) is 93.4 cm³/mol. The van der Waals surface area contributed by atoms with Crippen molar-refractivity contribution in [1.82, 2.24) is 10.3 Å². The molecule has 0 spiro atoms. The van der Waals surface area contributed by atoms with E-state index in [1.165, 1.54) is 0 Å². The van der Waals surface area contributed by atoms with Gasteiger partial charge in [-0.1, -0.05) is 18.2 Å². The van der Waals surface area contributed by atoms with Gasteiger partial charge in [0.25, 0.3) is 5.91 Å². The van der Waals surface area contributed by atoms with E-state index in [1.807, 2.05) is 24.3 Å². The molecule has 0 fully saturated rings. The summed E-state index contributed by atoms with van der Waals surface area (Å²) in [6, 6.07) is 11.2. The highest BCUT2D eigenvalue weighted by molar-refractivity contribution is 5.94. The quantitative estimate of drug-likeness (QED) is 0.692. The minimum absolute atomic E-state index is 0.117. The molecule has 0 aliphatic rings. The molecule has 0 saturated heterocycles. The van der Waals surface area contributed by atoms with Crippen LogP contribution in [0.3, 0.4) is 0 Å². The number of carbonyl (C=O) groups is 1. The maximum absolute atomic E-state index is 12.1. The monoisotopic (exact) mass is 329 g/mol. The van der Waals surface area contributed by atoms with Crippen LogP contribution >= 0.6 is 0 Å². The fourth-order valence-corrected chi connectivity index (χ4v) is 2.22. The Balaban J connectivity index is 1.93. The summed E-state index contributed by atoms with van der Waals surface area (Å²) in [4.78, 5) is 16.4. The molecule has 0 aliphatic carbocycles. The lowest BCUT2D eigenvalue weighted by Crippen LogP contribution is -2.25. The van der Waals surface area contributed by atoms with Crippen molar-refractivity contribution in [2.24, 2.45) is 0 Å². The standard InChI is InChI=1S/C18H23N3O3/c1-23-11-5-9-20-18(22)14-8-10-19-17(12-14)21-13-15-6-3-4-7-16(15)24-2/h3-4,6-8,10,12H,5,9,11,13H2,1-2H3,(H,19,21)(H,20,22). The van der Waals surface area contributed by atoms with E-state index < -0.39 is 0 Å². The third kappa shape index (κ3) is 5.24. The summed E-state index contributed by atoms with van der Waals surface area (Å²) >= 11 is 0. The Hall–Kier alpha value is -2.60. The molecule has 1 heterocycles. The molecule has 1 aromatic carbocycles. The number of hydrogen-bond acceptors (Lipinski definition) is 5. The lowest BCUT2D eigenvalue weighted by atomic mass is 10.2. The Morgan fingerprint density at radius 2 is 2.04 bits per heavy atom. The summed E-state index contributed by atoms with van der Waals surface area (Å²) in [5.41, 5.74) is 1.60. The summed E-state index contributed by atoms with van der Waals surface area (Å²) < 4.78 is 10.3. The molecule has 0 aliphatic heterocycles. The Kier molecular flexibility index (Phi) is 7.04. The second-order valence-corrected chi connectivity index (χ2v) is 5.20. The zero-order valence-corrected chi connectivity index (χ0v) is 14.0. The molecule has 0 saturated carbocycles. The average Bonchev–Trinajstić information content (AvgIpc) is 2.64. The van der Waals surface area contributed by atoms with E-state index in [0.29, 0.717) is 31.1 Å². The first-order chi connectivity index (χ1) is 11.7. The van der Waals surface area contributed by atoms with E-state index >= 15 is 0 Å². The molecule has 6 heteroatoms. The Morgan fingerprint density at radius 1 is 1.21 bits per heavy atom. The number of benzene rings is 1. The van der Waals surface area contributed by atoms with Gasteiger partial charge in [-0.2, -0.15) is 0 Å². The highest BCUT2D eigenvalue weighted by Gasteiger charge is 2.07. The number of nitrogens with zero attached hydrogens (tertiary/aromatic N) is 1. The predicted octanol–water partition coefficient (Wildman–Crippen LogP) is 2.47. The molecule has 1 amide bonds. The van der Waals surface area contributed by atoms with Crippen LogP contribution < -0.4 is 15.4 Å². The van der Waals surface area contributed by atoms with Crippen molar-refractivity contribution in [3.63, 3.8) is 0 Å². The number of methoxy groups -OCH3 is 2. The van der Waals surface area contributed by atoms with E-state index in [0.717, 1.165) is 17.7 Å². The smallest absolute Gasteiger partial charge is 0.251 e. The topological polar surface area (TPSA) is 72.5 Å². The second kappa shape index (κ2) is 9.52. The van der Waals surface area contributed by atoms with Gasteiger partial charge in [0.1, 0.15) is 11.6 Å². The summed E-state index contributed by atoms with van der Waals surface area (Å²) in [7, 11) is 3.29. The second-order valence-electron chi connectivity index (χ2n) is 5.20. The van der Waals surface area contributed by atoms with Crippen molar-refractivity contribution in [3.8, 4) is 5.75 Å². The minimum Gasteiger partial charge on any atom is -0.496 e. The minimum atomic E-state index is -0.117. The molecule has 1 aromatic heterocycles. The van der Waals surface area contributed by atoms with E-state index in [9.17, 15) is 4.79 Å². The van der Waals surface area contributed by atoms with Gasteiger partial charge in [-0.15, -0.1) is 0 Å². The number of pyridine rings is 1. The van der Waals surface area contributed by atoms with Crippen LogP contribution in [-0.2, 0) is 11.3 Å². The number of para-hydroxylation sites is 1. The Morgan fingerprint density at radius 3 is 2.83 bits per heavy atom. The zero-order valence-electron chi connectivity index (χ0n) is 14.0. The third-order valence-electron chi connectivity index (χ3n) is 3.49. The van der Waals surface area contributed by atoms with Gasteiger partial charge in [0.2, 0.25) is 0 Å². The van der Waals surface area contributed by atoms with Gasteiger partial charge in [-0.05, 0) is 24.6 Å². The normalized spacial score (nSPS) is 10.2. The zero-order chi connectivity index (χ0) is 17.2. The fourth-order valence-electron chi connectivity index (χ4n) is 2.22. The lowest BCUT2D eigenvalue weighted by molar-refractivity contribution is 0.0948. The summed E-state index contributed by atoms with van der Waals surface area (Å²) in [5.74, 6) is 1.34. The van der Waals surface area contributed by atoms with Crippen LogP contribution in [0, 0.1) is 0 Å². The van der Waals surface area contributed by atoms with Gasteiger partial charge in [0, 0.05) is 44.1 Å². The van der Waals surface area contributed by atoms with Gasteiger partial charge in [0.15, 0.2) is 0 Å². The first kappa shape index (κ1) is 17.7. The van der Waals surface area contributed by atoms with Crippen LogP contribution in [0.2, 0.25) is 0 Å². The number of anilines is 1. The van der Waals surface area contributed by atoms with Crippen LogP contribution in [-0.4, -0.2) is 38.3 Å². The number of aromatic nitrogens is 1. The van der Waals surface area contributed by atoms with E-state index in [-0.39, 0.29) is 5.91 Å². The Labute approximate surface area is 142 Å². The lowest BCUT2D eigenvalue weighted by Gasteiger charge is -2.11. The molecule has 0 bridgehead atoms. The molecule has 2 N–H and O–H groups in total. The van der Waals surface area contributed by atoms with Gasteiger partial charge < -0.3 is 20.1 Å². The van der Waals surface area contributed by atoms with Gasteiger partial charge in [-0.25, -0.2) is 4.98 Å². The molecule has 24 heavy (non-hydrogen) atoms. The van der Waals surface area contributed by atoms with Gasteiger partial charge in [0.05, 0.1) is 7.11 Å². The van der Waals surface area contributed by atoms with Crippen LogP contribution in [0.4, 0.5) is 5.82 Å². The van der Waals surface area contributed by atoms with Crippen LogP contribution in [0.15, 0.2) is 42.6 Å². The van der Waals surface area contributed by atoms with E-state index in [1.54, 1.807) is 32.5 Å². The fraction of sp³-hybridized carbons (Fsp3) is 0.333. The molecular formula is C18H23N3O3.